The van der Waals surface area contributed by atoms with Crippen molar-refractivity contribution in [1.29, 1.82) is 0 Å². The highest BCUT2D eigenvalue weighted by Crippen LogP contribution is 2.29. The van der Waals surface area contributed by atoms with Gasteiger partial charge in [-0.1, -0.05) is 262 Å². The van der Waals surface area contributed by atoms with Crippen LogP contribution in [0.2, 0.25) is 0 Å². The predicted molar refractivity (Wildman–Crippen MR) is 357 cm³/mol. The highest BCUT2D eigenvalue weighted by molar-refractivity contribution is 5.37. The molecule has 0 heterocycles. The Kier molecular flexibility index (Phi) is 57.8. The minimum atomic E-state index is -4.23. The van der Waals surface area contributed by atoms with Crippen LogP contribution in [0.3, 0.4) is 0 Å². The van der Waals surface area contributed by atoms with Crippen LogP contribution in [0, 0.1) is 81.0 Å². The lowest BCUT2D eigenvalue weighted by molar-refractivity contribution is -0.137. The number of hydrogen-bond acceptors (Lipinski definition) is 3. The number of aliphatic hydroxyl groups excluding tert-OH is 2. The molecule has 472 valence electrons. The summed E-state index contributed by atoms with van der Waals surface area (Å²) in [4.78, 5) is 0. The third-order valence-corrected chi connectivity index (χ3v) is 12.0. The average Bonchev–Trinajstić information content (AvgIpc) is 3.34. The first-order chi connectivity index (χ1) is 37.6. The average molecular weight is 1140 g/mol. The van der Waals surface area contributed by atoms with E-state index in [1.165, 1.54) is 91.2 Å². The van der Waals surface area contributed by atoms with Gasteiger partial charge in [-0.05, 0) is 177 Å². The Morgan fingerprint density at radius 1 is 0.407 bits per heavy atom. The number of methoxy groups -OCH3 is 1. The van der Waals surface area contributed by atoms with Gasteiger partial charge in [0.1, 0.15) is 5.75 Å². The summed E-state index contributed by atoms with van der Waals surface area (Å²) in [6, 6.07) is 27.0. The van der Waals surface area contributed by atoms with Crippen LogP contribution in [0.5, 0.6) is 5.75 Å². The van der Waals surface area contributed by atoms with Gasteiger partial charge in [0.2, 0.25) is 0 Å². The van der Waals surface area contributed by atoms with Crippen LogP contribution in [0.1, 0.15) is 253 Å². The van der Waals surface area contributed by atoms with E-state index >= 15 is 0 Å². The number of alkyl halides is 3. The van der Waals surface area contributed by atoms with Crippen LogP contribution in [0.25, 0.3) is 0 Å². The summed E-state index contributed by atoms with van der Waals surface area (Å²) in [5.74, 6) is 7.74. The van der Waals surface area contributed by atoms with Gasteiger partial charge in [-0.2, -0.15) is 13.2 Å². The molecular formula is C75H133F3O3. The maximum atomic E-state index is 12.2. The monoisotopic (exact) mass is 1140 g/mol. The maximum absolute atomic E-state index is 12.2. The minimum Gasteiger partial charge on any atom is -0.497 e. The van der Waals surface area contributed by atoms with Gasteiger partial charge >= 0.3 is 6.18 Å². The SMILES string of the molecule is CC(C)C.CC(C)CCCCCCO.CC(C)CCO.CC(C)Cc1ccc(C(F)(F)F)cc1.CCC(C)C.CCCC(C)C.COc1ccc(CC(C)C)cc1.Cc1cc(C)c(CC(C)C)c(C)c1.Cc1ccc(CC(C)C)cc1. The molecule has 4 aromatic rings. The summed E-state index contributed by atoms with van der Waals surface area (Å²) in [5.41, 5.74) is 10.4. The van der Waals surface area contributed by atoms with Gasteiger partial charge in [-0.15, -0.1) is 0 Å². The molecule has 6 heteroatoms. The molecule has 0 amide bonds. The van der Waals surface area contributed by atoms with Crippen LogP contribution in [-0.4, -0.2) is 30.5 Å². The molecule has 0 unspecified atom stereocenters. The number of benzene rings is 4. The van der Waals surface area contributed by atoms with Gasteiger partial charge in [0.15, 0.2) is 0 Å². The third-order valence-electron chi connectivity index (χ3n) is 12.0. The molecule has 0 atom stereocenters. The number of aliphatic hydroxyl groups is 2. The first kappa shape index (κ1) is 86.2. The maximum Gasteiger partial charge on any atom is 0.416 e. The molecule has 0 aromatic heterocycles. The third kappa shape index (κ3) is 63.8. The van der Waals surface area contributed by atoms with Crippen LogP contribution < -0.4 is 4.74 Å². The summed E-state index contributed by atoms with van der Waals surface area (Å²) in [6.45, 7) is 55.6. The first-order valence-electron chi connectivity index (χ1n) is 31.7. The molecular weight excluding hydrogens is 1010 g/mol. The summed E-state index contributed by atoms with van der Waals surface area (Å²) >= 11 is 0. The van der Waals surface area contributed by atoms with Gasteiger partial charge in [0.25, 0.3) is 0 Å². The molecule has 0 aliphatic carbocycles. The van der Waals surface area contributed by atoms with Crippen molar-refractivity contribution < 1.29 is 28.1 Å². The van der Waals surface area contributed by atoms with E-state index in [1.807, 2.05) is 26.0 Å². The summed E-state index contributed by atoms with van der Waals surface area (Å²) in [6.07, 6.45) is 11.2. The highest BCUT2D eigenvalue weighted by atomic mass is 19.4. The fraction of sp³-hybridized carbons (Fsp3) is 0.680. The number of aryl methyl sites for hydroxylation is 4. The molecule has 2 N–H and O–H groups in total. The number of rotatable bonds is 20. The number of unbranched alkanes of at least 4 members (excludes halogenated alkanes) is 3. The van der Waals surface area contributed by atoms with Gasteiger partial charge in [0.05, 0.1) is 12.7 Å². The Bertz CT molecular complexity index is 1880. The van der Waals surface area contributed by atoms with Crippen molar-refractivity contribution in [2.24, 2.45) is 53.3 Å². The fourth-order valence-corrected chi connectivity index (χ4v) is 7.52. The molecule has 0 bridgehead atoms. The number of hydrogen-bond donors (Lipinski definition) is 2. The zero-order valence-corrected chi connectivity index (χ0v) is 57.8. The van der Waals surface area contributed by atoms with E-state index in [0.717, 1.165) is 90.6 Å². The van der Waals surface area contributed by atoms with Crippen molar-refractivity contribution in [3.8, 4) is 5.75 Å². The molecule has 4 aromatic carbocycles. The standard InChI is InChI=1S/C13H20.C11H13F3.C11H16O.C11H16.C9H20O.C6H14.C5H12O.C5H12.C4H10/c1-9(2)6-13-11(4)7-10(3)8-12(13)5;1-8(2)7-9-3-5-10(6-4-9)11(12,13)14;1-9(2)8-10-4-6-11(12-3)7-5-10;1-9(2)8-11-6-4-10(3)5-7-11;1-9(2)7-5-3-4-6-8-10;1-4-5-6(2)3;1-5(2)3-4-6;1-4-5(2)3;1-4(2)3/h7-9H,6H2,1-5H3;3-6,8H,7H2,1-2H3;4-7,9H,8H2,1-3H3;4-7,9H,8H2,1-3H3;9-10H,3-8H2,1-2H3;6H,4-5H2,1-3H3;5-6H,3-4H2,1-2H3;5H,4H2,1-3H3;4H,1-3H3. The summed E-state index contributed by atoms with van der Waals surface area (Å²) < 4.78 is 41.6. The molecule has 3 nitrogen and oxygen atoms in total. The lowest BCUT2D eigenvalue weighted by Gasteiger charge is -2.13. The zero-order valence-electron chi connectivity index (χ0n) is 57.8. The molecule has 4 rings (SSSR count). The van der Waals surface area contributed by atoms with E-state index in [4.69, 9.17) is 14.9 Å². The van der Waals surface area contributed by atoms with E-state index < -0.39 is 11.7 Å². The van der Waals surface area contributed by atoms with Crippen molar-refractivity contribution >= 4 is 0 Å². The van der Waals surface area contributed by atoms with Crippen LogP contribution in [0.4, 0.5) is 13.2 Å². The lowest BCUT2D eigenvalue weighted by atomic mass is 9.93. The van der Waals surface area contributed by atoms with Crippen molar-refractivity contribution in [1.82, 2.24) is 0 Å². The molecule has 0 saturated carbocycles. The van der Waals surface area contributed by atoms with Crippen LogP contribution in [0.15, 0.2) is 84.9 Å². The van der Waals surface area contributed by atoms with Gasteiger partial charge < -0.3 is 14.9 Å². The van der Waals surface area contributed by atoms with Crippen LogP contribution >= 0.6 is 0 Å². The Balaban J connectivity index is -0.000000274. The number of halogens is 3. The lowest BCUT2D eigenvalue weighted by Crippen LogP contribution is -2.04. The largest absolute Gasteiger partial charge is 0.497 e. The normalized spacial score (nSPS) is 10.7. The molecule has 0 fully saturated rings. The van der Waals surface area contributed by atoms with Crippen molar-refractivity contribution in [3.63, 3.8) is 0 Å². The molecule has 0 saturated heterocycles. The van der Waals surface area contributed by atoms with Gasteiger partial charge in [-0.25, -0.2) is 0 Å². The van der Waals surface area contributed by atoms with Crippen molar-refractivity contribution in [2.75, 3.05) is 20.3 Å². The molecule has 0 spiro atoms. The van der Waals surface area contributed by atoms with E-state index in [0.29, 0.717) is 25.0 Å². The highest BCUT2D eigenvalue weighted by Gasteiger charge is 2.29. The Morgan fingerprint density at radius 3 is 1.01 bits per heavy atom. The molecule has 0 radical (unpaired) electrons. The van der Waals surface area contributed by atoms with Crippen LogP contribution in [-0.2, 0) is 31.9 Å². The second kappa shape index (κ2) is 54.3. The second-order valence-electron chi connectivity index (χ2n) is 26.2. The zero-order chi connectivity index (χ0) is 63.7. The van der Waals surface area contributed by atoms with Gasteiger partial charge in [-0.3, -0.25) is 0 Å². The summed E-state index contributed by atoms with van der Waals surface area (Å²) in [7, 11) is 1.69. The van der Waals surface area contributed by atoms with E-state index in [1.54, 1.807) is 24.8 Å². The van der Waals surface area contributed by atoms with Crippen molar-refractivity contribution in [2.45, 2.75) is 263 Å². The van der Waals surface area contributed by atoms with Crippen molar-refractivity contribution in [3.05, 3.63) is 135 Å². The first-order valence-corrected chi connectivity index (χ1v) is 31.7. The van der Waals surface area contributed by atoms with Gasteiger partial charge in [0, 0.05) is 13.2 Å². The smallest absolute Gasteiger partial charge is 0.416 e. The molecule has 81 heavy (non-hydrogen) atoms. The Labute approximate surface area is 502 Å². The predicted octanol–water partition coefficient (Wildman–Crippen LogP) is 23.6. The summed E-state index contributed by atoms with van der Waals surface area (Å²) in [5, 5.41) is 16.7. The fourth-order valence-electron chi connectivity index (χ4n) is 7.52. The number of ether oxygens (including phenoxy) is 1. The minimum absolute atomic E-state index is 0.331. The quantitative estimate of drug-likeness (QED) is 0.0867. The Hall–Kier alpha value is -3.61. The van der Waals surface area contributed by atoms with E-state index in [2.05, 4.69) is 208 Å². The Morgan fingerprint density at radius 2 is 0.753 bits per heavy atom. The molecule has 0 aliphatic heterocycles. The van der Waals surface area contributed by atoms with E-state index in [9.17, 15) is 13.2 Å². The van der Waals surface area contributed by atoms with E-state index in [-0.39, 0.29) is 0 Å². The topological polar surface area (TPSA) is 49.7 Å². The second-order valence-corrected chi connectivity index (χ2v) is 26.2. The molecule has 0 aliphatic rings.